The number of aliphatic hydroxyl groups is 1. The Balaban J connectivity index is 0.859. The molecule has 3 aliphatic heterocycles. The number of hydrogen-bond donors (Lipinski definition) is 5. The van der Waals surface area contributed by atoms with Gasteiger partial charge in [0.05, 0.1) is 48.1 Å². The normalized spacial score (nSPS) is 17.7. The lowest BCUT2D eigenvalue weighted by molar-refractivity contribution is -0.172. The molecule has 0 bridgehead atoms. The van der Waals surface area contributed by atoms with Crippen LogP contribution in [0.1, 0.15) is 129 Å². The third kappa shape index (κ3) is 12.4. The Bertz CT molecular complexity index is 3220. The molecule has 5 N–H and O–H groups in total. The van der Waals surface area contributed by atoms with Crippen molar-refractivity contribution < 1.29 is 67.3 Å². The number of halogens is 1. The van der Waals surface area contributed by atoms with E-state index in [1.807, 2.05) is 0 Å². The van der Waals surface area contributed by atoms with E-state index in [4.69, 9.17) is 9.72 Å². The molecule has 8 rings (SSSR count). The van der Waals surface area contributed by atoms with Gasteiger partial charge in [0.25, 0.3) is 17.4 Å². The first-order chi connectivity index (χ1) is 37.3. The predicted octanol–water partition coefficient (Wildman–Crippen LogP) is 3.96. The number of pyridine rings is 2. The number of rotatable bonds is 26. The summed E-state index contributed by atoms with van der Waals surface area (Å²) in [6.07, 6.45) is 3.02. The smallest absolute Gasteiger partial charge is 0.343 e. The molecule has 4 atom stereocenters. The number of aryl methyl sites for hydroxylation is 1. The van der Waals surface area contributed by atoms with Crippen LogP contribution in [0.3, 0.4) is 0 Å². The fourth-order valence-electron chi connectivity index (χ4n) is 11.0. The second-order valence-electron chi connectivity index (χ2n) is 20.5. The van der Waals surface area contributed by atoms with Crippen molar-refractivity contribution in [1.82, 2.24) is 30.4 Å². The zero-order valence-corrected chi connectivity index (χ0v) is 43.4. The van der Waals surface area contributed by atoms with Gasteiger partial charge in [0.2, 0.25) is 17.7 Å². The van der Waals surface area contributed by atoms with Gasteiger partial charge in [0, 0.05) is 92.1 Å². The van der Waals surface area contributed by atoms with Gasteiger partial charge in [-0.2, -0.15) is 0 Å². The maximum absolute atomic E-state index is 15.5. The SMILES string of the molecule is CC[C@@]1(O)C(=O)OCc2c1cc1n(c2=O)Cc2c-1nc1cc(F)c(C)c3c1c2[C@@H](NC(=O)CNC(=O)[C@@H](CC(=O)CNC(=O)CCC(=O)C[C@@H](CC(=O)O)CC(=O)CCCCCN1C(=O)C=CC1=O)Cc1ccccc1)CC3. The van der Waals surface area contributed by atoms with Crippen LogP contribution in [0.25, 0.3) is 22.3 Å². The largest absolute Gasteiger partial charge is 0.481 e. The molecule has 0 fully saturated rings. The Labute approximate surface area is 447 Å². The number of carbonyl (C=O) groups is 10. The van der Waals surface area contributed by atoms with Crippen LogP contribution in [0.2, 0.25) is 0 Å². The summed E-state index contributed by atoms with van der Waals surface area (Å²) in [4.78, 5) is 147. The molecule has 4 aliphatic rings. The molecule has 0 spiro atoms. The van der Waals surface area contributed by atoms with Gasteiger partial charge in [-0.1, -0.05) is 43.7 Å². The first-order valence-electron chi connectivity index (χ1n) is 26.3. The van der Waals surface area contributed by atoms with Crippen LogP contribution >= 0.6 is 0 Å². The van der Waals surface area contributed by atoms with Gasteiger partial charge in [-0.3, -0.25) is 52.8 Å². The number of ether oxygens (including phenoxy) is 1. The van der Waals surface area contributed by atoms with Crippen LogP contribution in [0.5, 0.6) is 0 Å². The molecule has 5 amide bonds. The van der Waals surface area contributed by atoms with Crippen LogP contribution in [-0.4, -0.2) is 103 Å². The van der Waals surface area contributed by atoms with Gasteiger partial charge < -0.3 is 35.5 Å². The molecule has 21 heteroatoms. The topological polar surface area (TPSA) is 295 Å². The number of cyclic esters (lactones) is 1. The number of aromatic nitrogens is 2. The number of unbranched alkanes of at least 4 members (excludes halogenated alkanes) is 2. The molecule has 0 radical (unpaired) electrons. The van der Waals surface area contributed by atoms with Crippen molar-refractivity contribution in [3.63, 3.8) is 0 Å². The molecule has 2 aromatic carbocycles. The summed E-state index contributed by atoms with van der Waals surface area (Å²) in [5.41, 5.74) is 1.68. The van der Waals surface area contributed by atoms with Crippen molar-refractivity contribution in [2.24, 2.45) is 11.8 Å². The van der Waals surface area contributed by atoms with Crippen LogP contribution in [0.4, 0.5) is 4.39 Å². The predicted molar refractivity (Wildman–Crippen MR) is 276 cm³/mol. The number of nitrogens with one attached hydrogen (secondary N) is 3. The van der Waals surface area contributed by atoms with E-state index in [9.17, 15) is 63.0 Å². The number of carboxylic acid groups (broad SMARTS) is 1. The van der Waals surface area contributed by atoms with Crippen molar-refractivity contribution in [3.8, 4) is 11.4 Å². The maximum atomic E-state index is 15.5. The van der Waals surface area contributed by atoms with Crippen LogP contribution in [0, 0.1) is 24.6 Å². The third-order valence-corrected chi connectivity index (χ3v) is 15.2. The molecule has 78 heavy (non-hydrogen) atoms. The van der Waals surface area contributed by atoms with E-state index in [0.29, 0.717) is 71.1 Å². The molecular weight excluding hydrogens is 1010 g/mol. The van der Waals surface area contributed by atoms with E-state index < -0.39 is 95.6 Å². The highest BCUT2D eigenvalue weighted by atomic mass is 19.1. The molecule has 0 saturated heterocycles. The number of Topliss-reactive ketones (excluding diaryl/α,β-unsaturated/α-hetero) is 3. The Kier molecular flexibility index (Phi) is 17.3. The number of carboxylic acids is 1. The number of carbonyl (C=O) groups excluding carboxylic acids is 9. The molecule has 20 nitrogen and oxygen atoms in total. The number of ketones is 3. The Morgan fingerprint density at radius 3 is 2.26 bits per heavy atom. The highest BCUT2D eigenvalue weighted by Gasteiger charge is 2.46. The Morgan fingerprint density at radius 1 is 0.833 bits per heavy atom. The number of fused-ring (bicyclic) bond motifs is 5. The van der Waals surface area contributed by atoms with E-state index >= 15 is 4.39 Å². The summed E-state index contributed by atoms with van der Waals surface area (Å²) in [7, 11) is 0. The van der Waals surface area contributed by atoms with Crippen molar-refractivity contribution in [1.29, 1.82) is 0 Å². The number of amides is 5. The summed E-state index contributed by atoms with van der Waals surface area (Å²) < 4.78 is 22.2. The van der Waals surface area contributed by atoms with Gasteiger partial charge >= 0.3 is 11.9 Å². The molecular formula is C57H61FN6O14. The minimum atomic E-state index is -2.07. The zero-order valence-electron chi connectivity index (χ0n) is 43.4. The summed E-state index contributed by atoms with van der Waals surface area (Å²) >= 11 is 0. The summed E-state index contributed by atoms with van der Waals surface area (Å²) in [5.74, 6) is -8.10. The number of hydrogen-bond acceptors (Lipinski definition) is 14. The molecule has 4 aromatic rings. The van der Waals surface area contributed by atoms with Gasteiger partial charge in [0.15, 0.2) is 11.4 Å². The first-order valence-corrected chi connectivity index (χ1v) is 26.3. The van der Waals surface area contributed by atoms with Crippen LogP contribution in [0.15, 0.2) is 59.4 Å². The minimum absolute atomic E-state index is 0.0258. The summed E-state index contributed by atoms with van der Waals surface area (Å²) in [6, 6.07) is 11.1. The van der Waals surface area contributed by atoms with Gasteiger partial charge in [-0.15, -0.1) is 0 Å². The quantitative estimate of drug-likeness (QED) is 0.0298. The van der Waals surface area contributed by atoms with E-state index in [0.717, 1.165) is 10.5 Å². The lowest BCUT2D eigenvalue weighted by Crippen LogP contribution is -2.44. The Hall–Kier alpha value is -8.07. The molecule has 5 heterocycles. The number of imide groups is 1. The van der Waals surface area contributed by atoms with Crippen molar-refractivity contribution >= 4 is 69.7 Å². The summed E-state index contributed by atoms with van der Waals surface area (Å²) in [6.45, 7) is 2.21. The molecule has 0 saturated carbocycles. The zero-order chi connectivity index (χ0) is 56.0. The lowest BCUT2D eigenvalue weighted by atomic mass is 9.81. The highest BCUT2D eigenvalue weighted by molar-refractivity contribution is 6.12. The molecule has 0 unspecified atom stereocenters. The average Bonchev–Trinajstić information content (AvgIpc) is 4.14. The van der Waals surface area contributed by atoms with E-state index in [1.54, 1.807) is 50.2 Å². The van der Waals surface area contributed by atoms with Crippen molar-refractivity contribution in [2.75, 3.05) is 19.6 Å². The number of aliphatic carboxylic acids is 1. The number of benzene rings is 2. The average molecular weight is 1070 g/mol. The standard InChI is InChI=1S/C57H61FN6O14/c1-3-57(77)41-25-45-53-39(29-64(45)55(75)40(41)30-78-56(57)76)52-43(15-14-38-31(2)42(58)26-44(62-53)51(38)52)61-47(69)28-60-54(74)34(20-32-10-6-4-7-11-32)24-37(67)27-59-46(68)16-13-36(66)22-33(23-50(72)73)21-35(65)12-8-5-9-19-63-48(70)17-18-49(63)71/h4,6-7,10-11,17-18,25-26,33-34,43,77H,3,5,8-9,12-16,19-24,27-30H2,1-2H3,(H,59,68)(H,60,74)(H,61,69)(H,72,73)/t33-,34+,43-,57-/m0/s1. The van der Waals surface area contributed by atoms with Crippen LogP contribution in [-0.2, 0) is 84.3 Å². The second-order valence-corrected chi connectivity index (χ2v) is 20.5. The fraction of sp³-hybridized carbons (Fsp3) is 0.439. The van der Waals surface area contributed by atoms with Gasteiger partial charge in [-0.25, -0.2) is 14.2 Å². The number of nitrogens with zero attached hydrogens (tertiary/aromatic N) is 3. The lowest BCUT2D eigenvalue weighted by Gasteiger charge is -2.31. The van der Waals surface area contributed by atoms with Crippen LogP contribution < -0.4 is 21.5 Å². The van der Waals surface area contributed by atoms with E-state index in [2.05, 4.69) is 16.0 Å². The van der Waals surface area contributed by atoms with Gasteiger partial charge in [-0.05, 0) is 79.7 Å². The summed E-state index contributed by atoms with van der Waals surface area (Å²) in [5, 5.41) is 29.7. The maximum Gasteiger partial charge on any atom is 0.343 e. The van der Waals surface area contributed by atoms with Crippen molar-refractivity contribution in [3.05, 3.63) is 110 Å². The first kappa shape index (κ1) is 56.1. The second kappa shape index (κ2) is 24.1. The van der Waals surface area contributed by atoms with E-state index in [-0.39, 0.29) is 105 Å². The number of esters is 1. The van der Waals surface area contributed by atoms with Crippen molar-refractivity contribution in [2.45, 2.75) is 129 Å². The highest BCUT2D eigenvalue weighted by Crippen LogP contribution is 2.46. The molecule has 1 aliphatic carbocycles. The van der Waals surface area contributed by atoms with Gasteiger partial charge in [0.1, 0.15) is 24.0 Å². The minimum Gasteiger partial charge on any atom is -0.481 e. The fourth-order valence-corrected chi connectivity index (χ4v) is 11.0. The molecule has 2 aromatic heterocycles. The third-order valence-electron chi connectivity index (χ3n) is 15.2. The molecule has 410 valence electrons. The Morgan fingerprint density at radius 2 is 1.55 bits per heavy atom. The van der Waals surface area contributed by atoms with E-state index in [1.165, 1.54) is 22.8 Å². The monoisotopic (exact) mass is 1070 g/mol.